The molecule has 1 aromatic heterocycles. The normalized spacial score (nSPS) is 10.7. The second-order valence-corrected chi connectivity index (χ2v) is 3.45. The van der Waals surface area contributed by atoms with Crippen LogP contribution >= 0.6 is 0 Å². The summed E-state index contributed by atoms with van der Waals surface area (Å²) in [6.45, 7) is 4.74. The van der Waals surface area contributed by atoms with E-state index in [0.29, 0.717) is 0 Å². The maximum absolute atomic E-state index is 5.39. The monoisotopic (exact) mass is 196 g/mol. The van der Waals surface area contributed by atoms with Gasteiger partial charge in [-0.1, -0.05) is 13.3 Å². The number of hydrogen-bond acceptors (Lipinski definition) is 3. The van der Waals surface area contributed by atoms with Crippen LogP contribution in [0.5, 0.6) is 0 Å². The Balaban J connectivity index is 2.22. The Kier molecular flexibility index (Phi) is 5.25. The van der Waals surface area contributed by atoms with Crippen molar-refractivity contribution < 1.29 is 0 Å². The van der Waals surface area contributed by atoms with Crippen molar-refractivity contribution >= 4 is 0 Å². The van der Waals surface area contributed by atoms with Gasteiger partial charge in [-0.3, -0.25) is 5.10 Å². The summed E-state index contributed by atoms with van der Waals surface area (Å²) in [6.07, 6.45) is 3.22. The summed E-state index contributed by atoms with van der Waals surface area (Å²) in [5, 5.41) is 10.5. The minimum Gasteiger partial charge on any atom is -0.330 e. The molecule has 0 amide bonds. The van der Waals surface area contributed by atoms with E-state index in [0.717, 1.165) is 50.3 Å². The molecular weight excluding hydrogens is 176 g/mol. The molecule has 1 heterocycles. The summed E-state index contributed by atoms with van der Waals surface area (Å²) in [7, 11) is 0. The lowest BCUT2D eigenvalue weighted by Gasteiger charge is -1.99. The van der Waals surface area contributed by atoms with Crippen molar-refractivity contribution in [2.24, 2.45) is 5.73 Å². The van der Waals surface area contributed by atoms with Crippen molar-refractivity contribution in [2.75, 3.05) is 13.1 Å². The van der Waals surface area contributed by atoms with E-state index in [4.69, 9.17) is 5.73 Å². The predicted octanol–water partition coefficient (Wildman–Crippen LogP) is 0.801. The highest BCUT2D eigenvalue weighted by Crippen LogP contribution is 2.01. The molecule has 1 aromatic rings. The first kappa shape index (κ1) is 11.2. The Morgan fingerprint density at radius 3 is 3.14 bits per heavy atom. The van der Waals surface area contributed by atoms with Crippen LogP contribution in [0, 0.1) is 0 Å². The molecule has 0 radical (unpaired) electrons. The lowest BCUT2D eigenvalue weighted by Crippen LogP contribution is -2.17. The topological polar surface area (TPSA) is 66.7 Å². The highest BCUT2D eigenvalue weighted by atomic mass is 15.1. The van der Waals surface area contributed by atoms with Crippen molar-refractivity contribution in [1.29, 1.82) is 0 Å². The van der Waals surface area contributed by atoms with Gasteiger partial charge >= 0.3 is 0 Å². The van der Waals surface area contributed by atoms with E-state index in [9.17, 15) is 0 Å². The van der Waals surface area contributed by atoms with Gasteiger partial charge in [0.25, 0.3) is 0 Å². The van der Waals surface area contributed by atoms with Crippen LogP contribution in [0.1, 0.15) is 31.2 Å². The molecule has 14 heavy (non-hydrogen) atoms. The van der Waals surface area contributed by atoms with Crippen LogP contribution in [0.3, 0.4) is 0 Å². The molecule has 0 aliphatic carbocycles. The lowest BCUT2D eigenvalue weighted by atomic mass is 10.2. The van der Waals surface area contributed by atoms with E-state index in [1.54, 1.807) is 0 Å². The number of rotatable bonds is 7. The minimum absolute atomic E-state index is 0.747. The first-order valence-corrected chi connectivity index (χ1v) is 5.30. The maximum atomic E-state index is 5.39. The highest BCUT2D eigenvalue weighted by Gasteiger charge is 1.98. The van der Waals surface area contributed by atoms with Gasteiger partial charge in [-0.25, -0.2) is 0 Å². The van der Waals surface area contributed by atoms with Gasteiger partial charge in [-0.2, -0.15) is 5.10 Å². The molecule has 0 fully saturated rings. The van der Waals surface area contributed by atoms with Crippen molar-refractivity contribution in [2.45, 2.75) is 32.7 Å². The summed E-state index contributed by atoms with van der Waals surface area (Å²) in [5.74, 6) is 0. The molecule has 0 saturated carbocycles. The smallest absolute Gasteiger partial charge is 0.0625 e. The van der Waals surface area contributed by atoms with Crippen LogP contribution in [0.15, 0.2) is 6.07 Å². The van der Waals surface area contributed by atoms with Gasteiger partial charge in [0.2, 0.25) is 0 Å². The molecule has 0 aromatic carbocycles. The van der Waals surface area contributed by atoms with E-state index in [1.165, 1.54) is 0 Å². The fourth-order valence-corrected chi connectivity index (χ4v) is 1.33. The zero-order chi connectivity index (χ0) is 10.2. The first-order chi connectivity index (χ1) is 6.86. The van der Waals surface area contributed by atoms with Gasteiger partial charge < -0.3 is 11.1 Å². The van der Waals surface area contributed by atoms with Gasteiger partial charge in [0.15, 0.2) is 0 Å². The van der Waals surface area contributed by atoms with Crippen molar-refractivity contribution in [1.82, 2.24) is 15.5 Å². The lowest BCUT2D eigenvalue weighted by molar-refractivity contribution is 0.645. The maximum Gasteiger partial charge on any atom is 0.0625 e. The number of nitrogens with one attached hydrogen (secondary N) is 2. The summed E-state index contributed by atoms with van der Waals surface area (Å²) in [6, 6.07) is 2.12. The molecule has 4 nitrogen and oxygen atoms in total. The number of nitrogens with zero attached hydrogens (tertiary/aromatic N) is 1. The van der Waals surface area contributed by atoms with Crippen LogP contribution in [0.25, 0.3) is 0 Å². The molecule has 0 aliphatic rings. The summed E-state index contributed by atoms with van der Waals surface area (Å²) < 4.78 is 0. The number of hydrogen-bond donors (Lipinski definition) is 3. The molecule has 0 atom stereocenters. The highest BCUT2D eigenvalue weighted by molar-refractivity contribution is 5.08. The summed E-state index contributed by atoms with van der Waals surface area (Å²) >= 11 is 0. The number of nitrogens with two attached hydrogens (primary N) is 1. The molecule has 0 saturated heterocycles. The van der Waals surface area contributed by atoms with Gasteiger partial charge in [0, 0.05) is 12.2 Å². The first-order valence-electron chi connectivity index (χ1n) is 5.30. The van der Waals surface area contributed by atoms with Crippen LogP contribution < -0.4 is 11.1 Å². The third-order valence-corrected chi connectivity index (χ3v) is 2.06. The molecule has 4 heteroatoms. The van der Waals surface area contributed by atoms with Crippen LogP contribution in [-0.2, 0) is 13.0 Å². The van der Waals surface area contributed by atoms with Gasteiger partial charge in [-0.15, -0.1) is 0 Å². The Hall–Kier alpha value is -0.870. The SMILES string of the molecule is CCCc1cc(CNCCCN)[nH]n1. The standard InChI is InChI=1S/C10H20N4/c1-2-4-9-7-10(14-13-9)8-12-6-3-5-11/h7,12H,2-6,8,11H2,1H3,(H,13,14). The Labute approximate surface area is 85.3 Å². The third-order valence-electron chi connectivity index (χ3n) is 2.06. The zero-order valence-corrected chi connectivity index (χ0v) is 8.84. The largest absolute Gasteiger partial charge is 0.330 e. The van der Waals surface area contributed by atoms with E-state index >= 15 is 0 Å². The second kappa shape index (κ2) is 6.56. The molecule has 0 spiro atoms. The number of H-pyrrole nitrogens is 1. The van der Waals surface area contributed by atoms with Gasteiger partial charge in [-0.05, 0) is 32.0 Å². The molecular formula is C10H20N4. The molecule has 0 aliphatic heterocycles. The molecule has 0 bridgehead atoms. The number of aromatic amines is 1. The molecule has 80 valence electrons. The zero-order valence-electron chi connectivity index (χ0n) is 8.84. The van der Waals surface area contributed by atoms with E-state index in [-0.39, 0.29) is 0 Å². The predicted molar refractivity (Wildman–Crippen MR) is 58.0 cm³/mol. The average molecular weight is 196 g/mol. The fraction of sp³-hybridized carbons (Fsp3) is 0.700. The van der Waals surface area contributed by atoms with Crippen molar-refractivity contribution in [3.63, 3.8) is 0 Å². The Morgan fingerprint density at radius 2 is 2.43 bits per heavy atom. The van der Waals surface area contributed by atoms with Crippen LogP contribution in [0.2, 0.25) is 0 Å². The summed E-state index contributed by atoms with van der Waals surface area (Å²) in [5.41, 5.74) is 7.70. The molecule has 4 N–H and O–H groups in total. The van der Waals surface area contributed by atoms with Gasteiger partial charge in [0.1, 0.15) is 0 Å². The van der Waals surface area contributed by atoms with Crippen molar-refractivity contribution in [3.05, 3.63) is 17.5 Å². The van der Waals surface area contributed by atoms with Crippen LogP contribution in [0.4, 0.5) is 0 Å². The number of aryl methyl sites for hydroxylation is 1. The van der Waals surface area contributed by atoms with Gasteiger partial charge in [0.05, 0.1) is 5.69 Å². The fourth-order valence-electron chi connectivity index (χ4n) is 1.33. The summed E-state index contributed by atoms with van der Waals surface area (Å²) in [4.78, 5) is 0. The van der Waals surface area contributed by atoms with Crippen LogP contribution in [-0.4, -0.2) is 23.3 Å². The number of aromatic nitrogens is 2. The van der Waals surface area contributed by atoms with E-state index < -0.39 is 0 Å². The Bertz CT molecular complexity index is 244. The minimum atomic E-state index is 0.747. The quantitative estimate of drug-likeness (QED) is 0.565. The average Bonchev–Trinajstić information content (AvgIpc) is 2.61. The Morgan fingerprint density at radius 1 is 1.57 bits per heavy atom. The van der Waals surface area contributed by atoms with E-state index in [2.05, 4.69) is 28.5 Å². The molecule has 0 unspecified atom stereocenters. The third kappa shape index (κ3) is 3.89. The second-order valence-electron chi connectivity index (χ2n) is 3.45. The van der Waals surface area contributed by atoms with E-state index in [1.807, 2.05) is 0 Å². The van der Waals surface area contributed by atoms with Crippen molar-refractivity contribution in [3.8, 4) is 0 Å². The molecule has 1 rings (SSSR count).